The molecule has 15 rings (SSSR count). The number of aliphatic hydroxyl groups is 1. The molecule has 0 fully saturated rings. The summed E-state index contributed by atoms with van der Waals surface area (Å²) in [6.45, 7) is 8.48. The maximum absolute atomic E-state index is 13.4. The van der Waals surface area contributed by atoms with E-state index in [1.54, 1.807) is 6.92 Å². The molecule has 10 aromatic heterocycles. The minimum atomic E-state index is -1.00. The van der Waals surface area contributed by atoms with Crippen molar-refractivity contribution in [2.75, 3.05) is 33.5 Å². The number of benzene rings is 5. The van der Waals surface area contributed by atoms with Gasteiger partial charge in [0.15, 0.2) is 28.5 Å². The monoisotopic (exact) mass is 2330 g/mol. The van der Waals surface area contributed by atoms with Crippen LogP contribution in [-0.2, 0) is 41.6 Å². The molecule has 0 amide bonds. The number of alkyl halides is 1. The van der Waals surface area contributed by atoms with E-state index in [-0.39, 0.29) is 201 Å². The summed E-state index contributed by atoms with van der Waals surface area (Å²) in [7, 11) is -1.00. The molecule has 5 aromatic carbocycles. The number of aryl methyl sites for hydroxylation is 5. The molecule has 15 aromatic rings. The van der Waals surface area contributed by atoms with Crippen LogP contribution in [-0.4, -0.2) is 145 Å². The summed E-state index contributed by atoms with van der Waals surface area (Å²) < 4.78 is 141. The molecule has 0 bridgehead atoms. The van der Waals surface area contributed by atoms with Crippen LogP contribution in [0.3, 0.4) is 0 Å². The number of esters is 1. The van der Waals surface area contributed by atoms with Crippen molar-refractivity contribution in [3.05, 3.63) is 250 Å². The van der Waals surface area contributed by atoms with Gasteiger partial charge in [0.25, 0.3) is 0 Å². The third-order valence-electron chi connectivity index (χ3n) is 16.5. The van der Waals surface area contributed by atoms with Gasteiger partial charge in [-0.2, -0.15) is 0 Å². The molecule has 0 aliphatic carbocycles. The number of nitrogens with zero attached hydrogens (tertiary/aromatic N) is 26. The fraction of sp³-hybridized carbons (Fsp3) is 0.362. The van der Waals surface area contributed by atoms with Crippen molar-refractivity contribution >= 4 is 110 Å². The van der Waals surface area contributed by atoms with E-state index in [0.717, 1.165) is 39.4 Å². The van der Waals surface area contributed by atoms with Gasteiger partial charge in [0.2, 0.25) is 29.1 Å². The van der Waals surface area contributed by atoms with Crippen molar-refractivity contribution in [1.29, 1.82) is 0 Å². The summed E-state index contributed by atoms with van der Waals surface area (Å²) in [4.78, 5) is 74.0. The molecule has 59 heteroatoms. The van der Waals surface area contributed by atoms with Crippen LogP contribution in [0.1, 0.15) is 162 Å². The molecule has 3 N–H and O–H groups in total. The van der Waals surface area contributed by atoms with Gasteiger partial charge in [-0.1, -0.05) is 143 Å². The smallest absolute Gasteiger partial charge is 0.466 e. The SMILES string of the molecule is C.C.C.C.C.C.C.C.CCCCc1nonc1-c1noc(=O)n1-c1ccc(F)c(Br)c1.CCCCc1nonc1-c1noc(=O)n1-c1ccc(F)c(Br)c1.CCOC(C)=O.Cl.Cl.NCCCc1nonc1-c1noc(=O)n1-c1ccc(F)c(Br)c1.O=c1onc(-c2nonc2CCCO)n1-c1ccc(F)c(Br)c1.[2H]CF.[N-]=[N+]=NCCCc1nonc1-c1noc(=O)n1-c1ccc(F)c(Br)c1.[N-]=[N+]=[N-].[Na+]. The predicted octanol–water partition coefficient (Wildman–Crippen LogP) is 17.6. The second-order valence-corrected chi connectivity index (χ2v) is 29.1. The van der Waals surface area contributed by atoms with E-state index in [1.807, 2.05) is 0 Å². The van der Waals surface area contributed by atoms with Crippen LogP contribution in [0.5, 0.6) is 0 Å². The molecule has 45 nitrogen and oxygen atoms in total. The molecule has 0 aliphatic rings. The molecular formula is C80H99Br5Cl2F6N27NaO18. The second kappa shape index (κ2) is 67.4. The van der Waals surface area contributed by atoms with Crippen molar-refractivity contribution in [3.8, 4) is 86.0 Å². The average Bonchev–Trinajstić information content (AvgIpc) is 1.66. The molecule has 0 unspecified atom stereocenters. The van der Waals surface area contributed by atoms with E-state index in [0.29, 0.717) is 133 Å². The molecule has 0 aliphatic heterocycles. The first-order valence-corrected chi connectivity index (χ1v) is 40.7. The summed E-state index contributed by atoms with van der Waals surface area (Å²) in [5.41, 5.74) is 33.0. The number of halogens is 13. The number of carbonyl (C=O) groups is 1. The van der Waals surface area contributed by atoms with Crippen LogP contribution < -0.4 is 64.1 Å². The van der Waals surface area contributed by atoms with Gasteiger partial charge in [0.05, 0.1) is 65.9 Å². The van der Waals surface area contributed by atoms with Gasteiger partial charge >= 0.3 is 64.3 Å². The van der Waals surface area contributed by atoms with Gasteiger partial charge in [-0.05, 0) is 280 Å². The minimum Gasteiger partial charge on any atom is -0.466 e. The number of unbranched alkanes of at least 4 members (excludes halogenated alkanes) is 2. The number of hydrogen-bond donors (Lipinski definition) is 2. The Kier molecular flexibility index (Phi) is 63.6. The number of nitrogens with two attached hydrogens (primary N) is 1. The first-order valence-electron chi connectivity index (χ1n) is 37.5. The van der Waals surface area contributed by atoms with Gasteiger partial charge < -0.3 is 26.6 Å². The Morgan fingerprint density at radius 3 is 0.813 bits per heavy atom. The number of azide groups is 1. The second-order valence-electron chi connectivity index (χ2n) is 24.8. The largest absolute Gasteiger partial charge is 1.00 e. The van der Waals surface area contributed by atoms with Crippen LogP contribution in [0.4, 0.5) is 26.3 Å². The Hall–Kier alpha value is -11.9. The predicted molar refractivity (Wildman–Crippen MR) is 515 cm³/mol. The van der Waals surface area contributed by atoms with Crippen LogP contribution in [0, 0.1) is 29.1 Å². The fourth-order valence-electron chi connectivity index (χ4n) is 10.7. The van der Waals surface area contributed by atoms with E-state index in [2.05, 4.69) is 186 Å². The van der Waals surface area contributed by atoms with Gasteiger partial charge in [0, 0.05) is 25.0 Å². The van der Waals surface area contributed by atoms with Crippen molar-refractivity contribution in [3.63, 3.8) is 0 Å². The summed E-state index contributed by atoms with van der Waals surface area (Å²) >= 11 is 15.4. The molecule has 139 heavy (non-hydrogen) atoms. The first kappa shape index (κ1) is 131. The van der Waals surface area contributed by atoms with Crippen LogP contribution in [0.25, 0.3) is 112 Å². The molecular weight excluding hydrogens is 2230 g/mol. The Bertz CT molecular complexity index is 6050. The number of aromatic nitrogens is 20. The molecule has 0 spiro atoms. The maximum Gasteiger partial charge on any atom is 1.00 e. The number of rotatable bonds is 27. The van der Waals surface area contributed by atoms with E-state index in [4.69, 9.17) is 74.6 Å². The quantitative estimate of drug-likeness (QED) is 0.00918. The van der Waals surface area contributed by atoms with Gasteiger partial charge in [-0.3, -0.25) is 36.7 Å². The minimum absolute atomic E-state index is 0. The van der Waals surface area contributed by atoms with E-state index in [9.17, 15) is 55.1 Å². The Morgan fingerprint density at radius 1 is 0.417 bits per heavy atom. The molecule has 0 saturated heterocycles. The summed E-state index contributed by atoms with van der Waals surface area (Å²) in [5, 5.41) is 69.0. The van der Waals surface area contributed by atoms with Crippen molar-refractivity contribution in [2.45, 2.75) is 164 Å². The summed E-state index contributed by atoms with van der Waals surface area (Å²) in [6.07, 6.45) is 7.96. The first-order chi connectivity index (χ1) is 62.2. The van der Waals surface area contributed by atoms with E-state index < -0.39 is 65.0 Å². The van der Waals surface area contributed by atoms with Crippen LogP contribution >= 0.6 is 104 Å². The molecule has 0 saturated carbocycles. The van der Waals surface area contributed by atoms with E-state index >= 15 is 0 Å². The van der Waals surface area contributed by atoms with Crippen molar-refractivity contribution < 1.29 is 118 Å². The fourth-order valence-corrected chi connectivity index (χ4v) is 12.6. The average molecular weight is 2340 g/mol. The van der Waals surface area contributed by atoms with Crippen molar-refractivity contribution in [1.82, 2.24) is 100 Å². The van der Waals surface area contributed by atoms with Gasteiger partial charge in [-0.25, -0.2) is 91.9 Å². The Balaban J connectivity index is -0.000000786. The normalized spacial score (nSPS) is 9.78. The number of hydrogen-bond acceptors (Lipinski definition) is 35. The maximum atomic E-state index is 13.4. The Labute approximate surface area is 866 Å². The van der Waals surface area contributed by atoms with Gasteiger partial charge in [-0.15, -0.1) is 24.8 Å². The van der Waals surface area contributed by atoms with E-state index in [1.165, 1.54) is 112 Å². The Morgan fingerprint density at radius 2 is 0.633 bits per heavy atom. The molecule has 0 atom stereocenters. The van der Waals surface area contributed by atoms with Crippen molar-refractivity contribution in [2.24, 2.45) is 10.8 Å². The van der Waals surface area contributed by atoms with Gasteiger partial charge in [0.1, 0.15) is 57.6 Å². The zero-order valence-electron chi connectivity index (χ0n) is 69.2. The molecule has 754 valence electrons. The molecule has 10 heterocycles. The number of carbonyl (C=O) groups excluding carboxylic acids is 1. The number of ether oxygens (including phenoxy) is 1. The van der Waals surface area contributed by atoms with Crippen LogP contribution in [0.2, 0.25) is 0 Å². The summed E-state index contributed by atoms with van der Waals surface area (Å²) in [5.74, 6) is -5.52. The summed E-state index contributed by atoms with van der Waals surface area (Å²) in [6, 6.07) is 20.4. The third-order valence-corrected chi connectivity index (χ3v) is 19.5. The number of aliphatic hydroxyl groups excluding tert-OH is 1. The standard InChI is InChI=1S/2C14H12BrFN4O3.C13H9BrFN7O3.C13H11BrFN5O3.C13H10BrFN4O4.C4H8O2.CH3F.8CH4.2ClH.N3.Na/c2*1-2-3-4-11-12(18-23-17-11)13-19-22-14(21)20(13)8-5-6-10(16)9(15)7-8;14-8-6-7(3-4-9(8)15)22-12(20-24-13(22)23)11-10(18-25-19-11)2-1-5-17-21-16;14-8-6-7(3-4-9(8)15)20-12(19-22-13(20)21)11-10(2-1-5-16)17-23-18-11;14-8-6-7(3-4-9(8)15)19-12(18-22-13(19)21)11-10(2-1-5-20)16-23-17-11;1-3-6-4(2)5;1-2;;;;;;;;;;;1-3-2;/h2*5-7H,2-4H2,1H3;3-4,6H,1-2,5H2;3-4,6H,1-2,5,16H2;3-4,6,20H,1-2,5H2;3H2,1-2H3;1H3;8*1H4;2*1H;;/q;;;;;;;;;;;;;;;;;-1;+1/i;;;;;;1D;;;;;;;;;;;;. The van der Waals surface area contributed by atoms with Crippen LogP contribution in [0.15, 0.2) is 188 Å². The third kappa shape index (κ3) is 35.7. The topological polar surface area (TPSA) is 615 Å². The zero-order chi connectivity index (χ0) is 93.8. The zero-order valence-corrected chi connectivity index (χ0v) is 79.8. The molecule has 0 radical (unpaired) electrons.